The SMILES string of the molecule is CN(C)c1cccc(-c2nn(-c3cc(N4CCCC4)ccc3C(F)(F)F)c(=O)c3c2CCC3)c1. The van der Waals surface area contributed by atoms with Gasteiger partial charge in [-0.3, -0.25) is 4.79 Å². The molecule has 3 aromatic rings. The average molecular weight is 469 g/mol. The minimum atomic E-state index is -4.61. The molecular weight excluding hydrogens is 441 g/mol. The summed E-state index contributed by atoms with van der Waals surface area (Å²) in [7, 11) is 3.86. The Bertz CT molecular complexity index is 1290. The number of hydrogen-bond acceptors (Lipinski definition) is 4. The van der Waals surface area contributed by atoms with Gasteiger partial charge in [0.2, 0.25) is 0 Å². The maximum absolute atomic E-state index is 14.1. The zero-order valence-corrected chi connectivity index (χ0v) is 19.3. The molecule has 0 bridgehead atoms. The number of benzene rings is 2. The molecule has 0 unspecified atom stereocenters. The van der Waals surface area contributed by atoms with Crippen molar-refractivity contribution < 1.29 is 13.2 Å². The van der Waals surface area contributed by atoms with E-state index in [-0.39, 0.29) is 5.69 Å². The molecular formula is C26H27F3N4O. The van der Waals surface area contributed by atoms with Gasteiger partial charge in [-0.1, -0.05) is 12.1 Å². The standard InChI is InChI=1S/C26H27F3N4O/c1-31(2)18-8-5-7-17(15-18)24-20-9-6-10-21(20)25(34)33(30-24)23-16-19(32-13-3-4-14-32)11-12-22(23)26(27,28)29/h5,7-8,11-12,15-16H,3-4,6,9-10,13-14H2,1-2H3. The van der Waals surface area contributed by atoms with Crippen LogP contribution in [0.4, 0.5) is 24.5 Å². The number of rotatable bonds is 4. The van der Waals surface area contributed by atoms with Crippen LogP contribution >= 0.6 is 0 Å². The van der Waals surface area contributed by atoms with Crippen molar-refractivity contribution in [3.8, 4) is 16.9 Å². The first-order valence-corrected chi connectivity index (χ1v) is 11.6. The average Bonchev–Trinajstić information content (AvgIpc) is 3.51. The van der Waals surface area contributed by atoms with E-state index in [1.807, 2.05) is 43.3 Å². The molecule has 1 aromatic heterocycles. The largest absolute Gasteiger partial charge is 0.418 e. The number of halogens is 3. The lowest BCUT2D eigenvalue weighted by Crippen LogP contribution is -2.28. The number of nitrogens with zero attached hydrogens (tertiary/aromatic N) is 4. The molecule has 34 heavy (non-hydrogen) atoms. The molecule has 2 aliphatic rings. The van der Waals surface area contributed by atoms with Gasteiger partial charge in [0, 0.05) is 49.7 Å². The first-order valence-electron chi connectivity index (χ1n) is 11.6. The predicted molar refractivity (Wildman–Crippen MR) is 128 cm³/mol. The highest BCUT2D eigenvalue weighted by atomic mass is 19.4. The topological polar surface area (TPSA) is 41.4 Å². The molecule has 0 N–H and O–H groups in total. The van der Waals surface area contributed by atoms with Gasteiger partial charge < -0.3 is 9.80 Å². The quantitative estimate of drug-likeness (QED) is 0.536. The van der Waals surface area contributed by atoms with Crippen LogP contribution in [-0.4, -0.2) is 37.0 Å². The minimum absolute atomic E-state index is 0.207. The summed E-state index contributed by atoms with van der Waals surface area (Å²) in [4.78, 5) is 17.5. The van der Waals surface area contributed by atoms with Crippen molar-refractivity contribution in [3.63, 3.8) is 0 Å². The van der Waals surface area contributed by atoms with Gasteiger partial charge in [0.15, 0.2) is 0 Å². The molecule has 1 fully saturated rings. The Morgan fingerprint density at radius 1 is 0.941 bits per heavy atom. The molecule has 2 aromatic carbocycles. The fourth-order valence-electron chi connectivity index (χ4n) is 5.01. The van der Waals surface area contributed by atoms with E-state index in [9.17, 15) is 18.0 Å². The van der Waals surface area contributed by atoms with Crippen molar-refractivity contribution in [2.45, 2.75) is 38.3 Å². The van der Waals surface area contributed by atoms with Crippen molar-refractivity contribution >= 4 is 11.4 Å². The Morgan fingerprint density at radius 3 is 2.38 bits per heavy atom. The van der Waals surface area contributed by atoms with Gasteiger partial charge in [0.05, 0.1) is 16.9 Å². The summed E-state index contributed by atoms with van der Waals surface area (Å²) in [5, 5.41) is 4.59. The van der Waals surface area contributed by atoms with E-state index < -0.39 is 17.3 Å². The summed E-state index contributed by atoms with van der Waals surface area (Å²) in [5.74, 6) is 0. The Kier molecular flexibility index (Phi) is 5.62. The molecule has 0 radical (unpaired) electrons. The van der Waals surface area contributed by atoms with E-state index in [0.717, 1.165) is 59.9 Å². The second-order valence-corrected chi connectivity index (χ2v) is 9.21. The van der Waals surface area contributed by atoms with Gasteiger partial charge in [-0.2, -0.15) is 23.0 Å². The second-order valence-electron chi connectivity index (χ2n) is 9.21. The minimum Gasteiger partial charge on any atom is -0.378 e. The fourth-order valence-corrected chi connectivity index (χ4v) is 5.01. The number of hydrogen-bond donors (Lipinski definition) is 0. The zero-order valence-electron chi connectivity index (χ0n) is 19.3. The highest BCUT2D eigenvalue weighted by Gasteiger charge is 2.36. The van der Waals surface area contributed by atoms with E-state index in [4.69, 9.17) is 0 Å². The highest BCUT2D eigenvalue weighted by Crippen LogP contribution is 2.37. The molecule has 1 aliphatic carbocycles. The van der Waals surface area contributed by atoms with E-state index in [1.54, 1.807) is 0 Å². The van der Waals surface area contributed by atoms with Crippen LogP contribution in [0.25, 0.3) is 16.9 Å². The Labute approximate surface area is 196 Å². The third-order valence-electron chi connectivity index (χ3n) is 6.78. The number of fused-ring (bicyclic) bond motifs is 1. The molecule has 1 saturated heterocycles. The first-order chi connectivity index (χ1) is 16.2. The van der Waals surface area contributed by atoms with E-state index in [2.05, 4.69) is 10.00 Å². The molecule has 8 heteroatoms. The van der Waals surface area contributed by atoms with Gasteiger partial charge >= 0.3 is 6.18 Å². The first kappa shape index (κ1) is 22.5. The number of alkyl halides is 3. The summed E-state index contributed by atoms with van der Waals surface area (Å²) >= 11 is 0. The molecule has 0 spiro atoms. The lowest BCUT2D eigenvalue weighted by molar-refractivity contribution is -0.137. The molecule has 2 heterocycles. The van der Waals surface area contributed by atoms with E-state index >= 15 is 0 Å². The third kappa shape index (κ3) is 3.95. The molecule has 1 aliphatic heterocycles. The summed E-state index contributed by atoms with van der Waals surface area (Å²) in [6.45, 7) is 1.58. The predicted octanol–water partition coefficient (Wildman–Crippen LogP) is 5.07. The molecule has 0 saturated carbocycles. The monoisotopic (exact) mass is 468 g/mol. The number of anilines is 2. The van der Waals surface area contributed by atoms with Crippen molar-refractivity contribution in [3.05, 3.63) is 69.5 Å². The summed E-state index contributed by atoms with van der Waals surface area (Å²) < 4.78 is 43.1. The van der Waals surface area contributed by atoms with Crippen LogP contribution in [-0.2, 0) is 19.0 Å². The van der Waals surface area contributed by atoms with Gasteiger partial charge in [-0.15, -0.1) is 0 Å². The van der Waals surface area contributed by atoms with Crippen LogP contribution < -0.4 is 15.4 Å². The van der Waals surface area contributed by atoms with Gasteiger partial charge in [-0.25, -0.2) is 0 Å². The van der Waals surface area contributed by atoms with Crippen LogP contribution in [0.1, 0.15) is 36.0 Å². The van der Waals surface area contributed by atoms with Crippen molar-refractivity contribution in [1.82, 2.24) is 9.78 Å². The maximum Gasteiger partial charge on any atom is 0.418 e. The molecule has 178 valence electrons. The zero-order chi connectivity index (χ0) is 24.0. The maximum atomic E-state index is 14.1. The van der Waals surface area contributed by atoms with Crippen LogP contribution in [0.5, 0.6) is 0 Å². The smallest absolute Gasteiger partial charge is 0.378 e. The fraction of sp³-hybridized carbons (Fsp3) is 0.385. The van der Waals surface area contributed by atoms with Gasteiger partial charge in [-0.05, 0) is 68.0 Å². The second kappa shape index (κ2) is 8.49. The highest BCUT2D eigenvalue weighted by molar-refractivity contribution is 5.70. The molecule has 0 amide bonds. The van der Waals surface area contributed by atoms with Gasteiger partial charge in [0.25, 0.3) is 5.56 Å². The molecule has 5 rings (SSSR count). The third-order valence-corrected chi connectivity index (χ3v) is 6.78. The van der Waals surface area contributed by atoms with Crippen LogP contribution in [0, 0.1) is 0 Å². The van der Waals surface area contributed by atoms with Gasteiger partial charge in [0.1, 0.15) is 0 Å². The van der Waals surface area contributed by atoms with Crippen molar-refractivity contribution in [1.29, 1.82) is 0 Å². The van der Waals surface area contributed by atoms with Crippen LogP contribution in [0.2, 0.25) is 0 Å². The summed E-state index contributed by atoms with van der Waals surface area (Å²) in [6, 6.07) is 11.8. The molecule has 0 atom stereocenters. The Morgan fingerprint density at radius 2 is 1.68 bits per heavy atom. The Balaban J connectivity index is 1.75. The van der Waals surface area contributed by atoms with E-state index in [1.165, 1.54) is 12.1 Å². The summed E-state index contributed by atoms with van der Waals surface area (Å²) in [5.41, 5.74) is 2.92. The number of aromatic nitrogens is 2. The Hall–Kier alpha value is -3.29. The van der Waals surface area contributed by atoms with E-state index in [0.29, 0.717) is 29.8 Å². The normalized spacial score (nSPS) is 15.6. The van der Waals surface area contributed by atoms with Crippen molar-refractivity contribution in [2.75, 3.05) is 37.0 Å². The lowest BCUT2D eigenvalue weighted by Gasteiger charge is -2.22. The van der Waals surface area contributed by atoms with Crippen LogP contribution in [0.3, 0.4) is 0 Å². The molecule has 5 nitrogen and oxygen atoms in total. The lowest BCUT2D eigenvalue weighted by atomic mass is 10.0. The van der Waals surface area contributed by atoms with Crippen LogP contribution in [0.15, 0.2) is 47.3 Å². The van der Waals surface area contributed by atoms with Crippen molar-refractivity contribution in [2.24, 2.45) is 0 Å². The summed E-state index contributed by atoms with van der Waals surface area (Å²) in [6.07, 6.45) is -0.579.